The van der Waals surface area contributed by atoms with Crippen molar-refractivity contribution in [3.8, 4) is 11.1 Å². The van der Waals surface area contributed by atoms with Crippen molar-refractivity contribution in [3.63, 3.8) is 0 Å². The van der Waals surface area contributed by atoms with Gasteiger partial charge in [-0.2, -0.15) is 0 Å². The number of anilines is 1. The Bertz CT molecular complexity index is 1100. The van der Waals surface area contributed by atoms with Gasteiger partial charge in [0.25, 0.3) is 5.69 Å². The molecule has 0 spiro atoms. The Morgan fingerprint density at radius 3 is 2.33 bits per heavy atom. The van der Waals surface area contributed by atoms with E-state index in [0.717, 1.165) is 38.4 Å². The highest BCUT2D eigenvalue weighted by Gasteiger charge is 2.09. The Morgan fingerprint density at radius 2 is 1.50 bits per heavy atom. The molecular weight excluding hydrogens is 300 g/mol. The summed E-state index contributed by atoms with van der Waals surface area (Å²) < 4.78 is 0. The van der Waals surface area contributed by atoms with Crippen LogP contribution < -0.4 is 5.73 Å². The fraction of sp³-hybridized carbons (Fsp3) is 0. The van der Waals surface area contributed by atoms with Crippen molar-refractivity contribution in [3.05, 3.63) is 82.9 Å². The van der Waals surface area contributed by atoms with Crippen LogP contribution in [-0.2, 0) is 0 Å². The zero-order valence-electron chi connectivity index (χ0n) is 12.8. The van der Waals surface area contributed by atoms with E-state index in [0.29, 0.717) is 0 Å². The van der Waals surface area contributed by atoms with Crippen molar-refractivity contribution in [2.75, 3.05) is 5.73 Å². The Labute approximate surface area is 138 Å². The predicted molar refractivity (Wildman–Crippen MR) is 98.0 cm³/mol. The molecule has 0 aliphatic heterocycles. The van der Waals surface area contributed by atoms with Gasteiger partial charge in [-0.3, -0.25) is 10.1 Å². The summed E-state index contributed by atoms with van der Waals surface area (Å²) in [6.45, 7) is 0. The smallest absolute Gasteiger partial charge is 0.270 e. The Kier molecular flexibility index (Phi) is 3.17. The standard InChI is InChI=1S/C20H14N2O2/c21-20-18-4-2-1-3-13(18)8-10-19(20)16-6-5-15-12-17(22(23)24)9-7-14(15)11-16/h1-12H,21H2. The van der Waals surface area contributed by atoms with Gasteiger partial charge in [0, 0.05) is 28.8 Å². The van der Waals surface area contributed by atoms with E-state index >= 15 is 0 Å². The highest BCUT2D eigenvalue weighted by Crippen LogP contribution is 2.34. The monoisotopic (exact) mass is 314 g/mol. The summed E-state index contributed by atoms with van der Waals surface area (Å²) in [5, 5.41) is 14.8. The zero-order valence-corrected chi connectivity index (χ0v) is 12.8. The van der Waals surface area contributed by atoms with Gasteiger partial charge >= 0.3 is 0 Å². The van der Waals surface area contributed by atoms with Gasteiger partial charge in [-0.1, -0.05) is 48.5 Å². The minimum atomic E-state index is -0.380. The third kappa shape index (κ3) is 2.25. The number of hydrogen-bond donors (Lipinski definition) is 1. The normalized spacial score (nSPS) is 11.0. The van der Waals surface area contributed by atoms with Gasteiger partial charge in [-0.05, 0) is 33.9 Å². The summed E-state index contributed by atoms with van der Waals surface area (Å²) in [7, 11) is 0. The maximum absolute atomic E-state index is 10.9. The first-order valence-corrected chi connectivity index (χ1v) is 7.59. The van der Waals surface area contributed by atoms with E-state index in [1.165, 1.54) is 6.07 Å². The highest BCUT2D eigenvalue weighted by atomic mass is 16.6. The van der Waals surface area contributed by atoms with Gasteiger partial charge in [0.1, 0.15) is 0 Å². The molecule has 0 fully saturated rings. The number of hydrogen-bond acceptors (Lipinski definition) is 3. The summed E-state index contributed by atoms with van der Waals surface area (Å²) in [4.78, 5) is 10.5. The molecule has 116 valence electrons. The molecule has 4 heteroatoms. The van der Waals surface area contributed by atoms with Crippen LogP contribution in [0.1, 0.15) is 0 Å². The average Bonchev–Trinajstić information content (AvgIpc) is 2.61. The second-order valence-electron chi connectivity index (χ2n) is 5.75. The topological polar surface area (TPSA) is 69.2 Å². The SMILES string of the molecule is Nc1c(-c2ccc3cc([N+](=O)[O-])ccc3c2)ccc2ccccc12. The van der Waals surface area contributed by atoms with E-state index in [1.54, 1.807) is 12.1 Å². The number of nitrogens with two attached hydrogens (primary N) is 1. The van der Waals surface area contributed by atoms with Crippen LogP contribution in [0, 0.1) is 10.1 Å². The van der Waals surface area contributed by atoms with E-state index < -0.39 is 0 Å². The number of non-ortho nitro benzene ring substituents is 1. The van der Waals surface area contributed by atoms with Gasteiger partial charge in [0.05, 0.1) is 4.92 Å². The molecule has 0 aliphatic carbocycles. The molecule has 0 heterocycles. The van der Waals surface area contributed by atoms with Gasteiger partial charge in [0.15, 0.2) is 0 Å². The second kappa shape index (κ2) is 5.35. The van der Waals surface area contributed by atoms with E-state index in [2.05, 4.69) is 6.07 Å². The van der Waals surface area contributed by atoms with Crippen molar-refractivity contribution in [2.24, 2.45) is 0 Å². The lowest BCUT2D eigenvalue weighted by Crippen LogP contribution is -1.92. The minimum Gasteiger partial charge on any atom is -0.398 e. The van der Waals surface area contributed by atoms with Crippen LogP contribution in [0.3, 0.4) is 0 Å². The average molecular weight is 314 g/mol. The van der Waals surface area contributed by atoms with Gasteiger partial charge in [-0.15, -0.1) is 0 Å². The molecule has 2 N–H and O–H groups in total. The van der Waals surface area contributed by atoms with Crippen LogP contribution in [0.15, 0.2) is 72.8 Å². The van der Waals surface area contributed by atoms with E-state index in [1.807, 2.05) is 48.5 Å². The lowest BCUT2D eigenvalue weighted by molar-refractivity contribution is -0.384. The first-order valence-electron chi connectivity index (χ1n) is 7.59. The molecule has 0 atom stereocenters. The molecule has 0 radical (unpaired) electrons. The maximum Gasteiger partial charge on any atom is 0.270 e. The number of benzene rings is 4. The molecule has 24 heavy (non-hydrogen) atoms. The van der Waals surface area contributed by atoms with Crippen LogP contribution in [-0.4, -0.2) is 4.92 Å². The van der Waals surface area contributed by atoms with Crippen LogP contribution in [0.2, 0.25) is 0 Å². The minimum absolute atomic E-state index is 0.0977. The van der Waals surface area contributed by atoms with Crippen molar-refractivity contribution in [1.82, 2.24) is 0 Å². The lowest BCUT2D eigenvalue weighted by atomic mass is 9.96. The quantitative estimate of drug-likeness (QED) is 0.316. The third-order valence-corrected chi connectivity index (χ3v) is 4.32. The Hall–Kier alpha value is -3.40. The number of nitro benzene ring substituents is 1. The summed E-state index contributed by atoms with van der Waals surface area (Å²) in [6, 6.07) is 22.8. The molecule has 0 unspecified atom stereocenters. The first kappa shape index (κ1) is 14.2. The maximum atomic E-state index is 10.9. The second-order valence-corrected chi connectivity index (χ2v) is 5.75. The zero-order chi connectivity index (χ0) is 16.7. The van der Waals surface area contributed by atoms with Crippen molar-refractivity contribution >= 4 is 32.9 Å². The molecule has 0 aromatic heterocycles. The Morgan fingerprint density at radius 1 is 0.792 bits per heavy atom. The summed E-state index contributed by atoms with van der Waals surface area (Å²) in [6.07, 6.45) is 0. The predicted octanol–water partition coefficient (Wildman–Crippen LogP) is 5.15. The fourth-order valence-corrected chi connectivity index (χ4v) is 3.06. The molecule has 0 aliphatic rings. The summed E-state index contributed by atoms with van der Waals surface area (Å²) in [5.74, 6) is 0. The van der Waals surface area contributed by atoms with Crippen LogP contribution >= 0.6 is 0 Å². The molecule has 4 rings (SSSR count). The number of fused-ring (bicyclic) bond motifs is 2. The third-order valence-electron chi connectivity index (χ3n) is 4.32. The summed E-state index contributed by atoms with van der Waals surface area (Å²) in [5.41, 5.74) is 9.18. The van der Waals surface area contributed by atoms with Gasteiger partial charge < -0.3 is 5.73 Å². The highest BCUT2D eigenvalue weighted by molar-refractivity contribution is 6.01. The number of nitrogens with zero attached hydrogens (tertiary/aromatic N) is 1. The number of nitro groups is 1. The van der Waals surface area contributed by atoms with Crippen molar-refractivity contribution in [2.45, 2.75) is 0 Å². The number of nitrogen functional groups attached to an aromatic ring is 1. The van der Waals surface area contributed by atoms with Crippen molar-refractivity contribution < 1.29 is 4.92 Å². The molecule has 0 saturated carbocycles. The first-order chi connectivity index (χ1) is 11.6. The summed E-state index contributed by atoms with van der Waals surface area (Å²) >= 11 is 0. The van der Waals surface area contributed by atoms with Gasteiger partial charge in [0.2, 0.25) is 0 Å². The van der Waals surface area contributed by atoms with Crippen molar-refractivity contribution in [1.29, 1.82) is 0 Å². The van der Waals surface area contributed by atoms with Crippen LogP contribution in [0.25, 0.3) is 32.7 Å². The largest absolute Gasteiger partial charge is 0.398 e. The lowest BCUT2D eigenvalue weighted by Gasteiger charge is -2.10. The van der Waals surface area contributed by atoms with E-state index in [9.17, 15) is 10.1 Å². The van der Waals surface area contributed by atoms with Gasteiger partial charge in [-0.25, -0.2) is 0 Å². The molecule has 4 aromatic rings. The van der Waals surface area contributed by atoms with E-state index in [4.69, 9.17) is 5.73 Å². The molecule has 0 amide bonds. The molecule has 4 nitrogen and oxygen atoms in total. The van der Waals surface area contributed by atoms with Crippen LogP contribution in [0.5, 0.6) is 0 Å². The molecule has 4 aromatic carbocycles. The van der Waals surface area contributed by atoms with Crippen LogP contribution in [0.4, 0.5) is 11.4 Å². The Balaban J connectivity index is 1.89. The number of rotatable bonds is 2. The molecule has 0 saturated heterocycles. The van der Waals surface area contributed by atoms with E-state index in [-0.39, 0.29) is 10.6 Å². The molecule has 0 bridgehead atoms. The fourth-order valence-electron chi connectivity index (χ4n) is 3.06. The molecular formula is C20H14N2O2.